The zero-order valence-electron chi connectivity index (χ0n) is 13.5. The minimum Gasteiger partial charge on any atom is -0.467 e. The summed E-state index contributed by atoms with van der Waals surface area (Å²) in [5.74, 6) is 0.750. The molecule has 0 N–H and O–H groups in total. The number of hydrogen-bond donors (Lipinski definition) is 0. The average Bonchev–Trinajstić information content (AvgIpc) is 2.66. The maximum atomic E-state index is 11.6. The van der Waals surface area contributed by atoms with Crippen molar-refractivity contribution in [3.63, 3.8) is 0 Å². The minimum atomic E-state index is -0.559. The van der Waals surface area contributed by atoms with Crippen molar-refractivity contribution < 1.29 is 18.6 Å². The second-order valence-electron chi connectivity index (χ2n) is 6.32. The maximum Gasteiger partial charge on any atom is 0.495 e. The predicted octanol–water partition coefficient (Wildman–Crippen LogP) is 3.68. The van der Waals surface area contributed by atoms with Gasteiger partial charge >= 0.3 is 7.12 Å². The van der Waals surface area contributed by atoms with Gasteiger partial charge in [-0.1, -0.05) is 6.92 Å². The van der Waals surface area contributed by atoms with Gasteiger partial charge in [-0.3, -0.25) is 4.79 Å². The normalized spacial score (nSPS) is 19.8. The Morgan fingerprint density at radius 3 is 2.32 bits per heavy atom. The number of aryl methyl sites for hydroxylation is 1. The van der Waals surface area contributed by atoms with Gasteiger partial charge in [0.15, 0.2) is 0 Å². The highest BCUT2D eigenvalue weighted by Gasteiger charge is 2.52. The van der Waals surface area contributed by atoms with E-state index >= 15 is 0 Å². The number of rotatable bonds is 5. The lowest BCUT2D eigenvalue weighted by molar-refractivity contribution is 0.00578. The highest BCUT2D eigenvalue weighted by Crippen LogP contribution is 2.37. The molecule has 0 aromatic heterocycles. The van der Waals surface area contributed by atoms with Crippen LogP contribution in [0.5, 0.6) is 5.75 Å². The summed E-state index contributed by atoms with van der Waals surface area (Å²) in [6.45, 7) is 10.3. The summed E-state index contributed by atoms with van der Waals surface area (Å²) in [6, 6.07) is 3.78. The largest absolute Gasteiger partial charge is 0.495 e. The summed E-state index contributed by atoms with van der Waals surface area (Å²) in [5.41, 5.74) is 1.47. The smallest absolute Gasteiger partial charge is 0.467 e. The van der Waals surface area contributed by atoms with Crippen LogP contribution in [0.15, 0.2) is 12.1 Å². The summed E-state index contributed by atoms with van der Waals surface area (Å²) in [5, 5.41) is 0. The first kappa shape index (κ1) is 18.2. The zero-order valence-corrected chi connectivity index (χ0v) is 16.7. The highest BCUT2D eigenvalue weighted by molar-refractivity contribution is 14.2. The van der Waals surface area contributed by atoms with Gasteiger partial charge in [-0.15, -0.1) is 0 Å². The fourth-order valence-electron chi connectivity index (χ4n) is 2.41. The van der Waals surface area contributed by atoms with Gasteiger partial charge in [-0.25, -0.2) is 0 Å². The van der Waals surface area contributed by atoms with Crippen LogP contribution in [-0.2, 0) is 15.7 Å². The number of halogens is 1. The molecule has 0 radical (unpaired) electrons. The molecular formula is C15H21BIO4P. The Morgan fingerprint density at radius 1 is 1.27 bits per heavy atom. The van der Waals surface area contributed by atoms with Gasteiger partial charge in [0, 0.05) is 5.56 Å². The third-order valence-electron chi connectivity index (χ3n) is 4.43. The molecule has 1 aliphatic rings. The van der Waals surface area contributed by atoms with Gasteiger partial charge in [0.2, 0.25) is 0 Å². The minimum absolute atomic E-state index is 0.315. The fraction of sp³-hybridized carbons (Fsp3) is 0.533. The Labute approximate surface area is 147 Å². The maximum absolute atomic E-state index is 11.6. The summed E-state index contributed by atoms with van der Waals surface area (Å²) in [7, 11) is -0.559. The molecule has 1 aliphatic heterocycles. The van der Waals surface area contributed by atoms with Crippen molar-refractivity contribution in [2.75, 3.05) is 0 Å². The Hall–Kier alpha value is -0.165. The monoisotopic (exact) mass is 434 g/mol. The Balaban J connectivity index is 2.50. The molecule has 0 amide bonds. The summed E-state index contributed by atoms with van der Waals surface area (Å²) in [4.78, 5) is 11.6. The molecule has 1 atom stereocenters. The van der Waals surface area contributed by atoms with Crippen LogP contribution in [0.1, 0.15) is 50.5 Å². The average molecular weight is 434 g/mol. The van der Waals surface area contributed by atoms with E-state index in [-0.39, 0.29) is 0 Å². The highest BCUT2D eigenvalue weighted by atomic mass is 127. The van der Waals surface area contributed by atoms with E-state index in [9.17, 15) is 4.79 Å². The van der Waals surface area contributed by atoms with Crippen LogP contribution in [0.2, 0.25) is 0 Å². The van der Waals surface area contributed by atoms with Crippen LogP contribution in [0.25, 0.3) is 0 Å². The molecule has 1 heterocycles. The van der Waals surface area contributed by atoms with Crippen LogP contribution in [-0.4, -0.2) is 24.6 Å². The first-order valence-electron chi connectivity index (χ1n) is 7.26. The first-order chi connectivity index (χ1) is 10.3. The zero-order chi connectivity index (χ0) is 16.5. The Bertz CT molecular complexity index is 561. The molecule has 0 saturated carbocycles. The van der Waals surface area contributed by atoms with Crippen LogP contribution in [0, 0.1) is 0 Å². The van der Waals surface area contributed by atoms with Gasteiger partial charge < -0.3 is 13.8 Å². The van der Waals surface area contributed by atoms with Crippen molar-refractivity contribution in [1.82, 2.24) is 0 Å². The molecule has 22 heavy (non-hydrogen) atoms. The molecule has 120 valence electrons. The second-order valence-corrected chi connectivity index (χ2v) is 8.00. The third kappa shape index (κ3) is 3.35. The molecule has 4 nitrogen and oxygen atoms in total. The topological polar surface area (TPSA) is 44.8 Å². The van der Waals surface area contributed by atoms with Crippen LogP contribution in [0.3, 0.4) is 0 Å². The number of aldehydes is 1. The standard InChI is InChI=1S/C15H21BIO4P/c1-6-10-7-11(19-22-17)8-13(12(10)9-18)16-20-14(2,3)15(4,5)21-16/h7-9,22H,6H2,1-5H3. The molecule has 1 saturated heterocycles. The number of benzene rings is 1. The summed E-state index contributed by atoms with van der Waals surface area (Å²) in [6.07, 6.45) is 1.64. The molecule has 1 fully saturated rings. The van der Waals surface area contributed by atoms with Crippen LogP contribution < -0.4 is 9.99 Å². The molecular weight excluding hydrogens is 413 g/mol. The van der Waals surface area contributed by atoms with E-state index in [1.54, 1.807) is 0 Å². The van der Waals surface area contributed by atoms with Crippen molar-refractivity contribution in [1.29, 1.82) is 0 Å². The van der Waals surface area contributed by atoms with Gasteiger partial charge in [-0.05, 0) is 79.3 Å². The van der Waals surface area contributed by atoms with Gasteiger partial charge in [0.05, 0.1) is 11.2 Å². The summed E-state index contributed by atoms with van der Waals surface area (Å²) < 4.78 is 17.8. The van der Waals surface area contributed by atoms with Crippen molar-refractivity contribution in [3.05, 3.63) is 23.3 Å². The lowest BCUT2D eigenvalue weighted by Gasteiger charge is -2.32. The van der Waals surface area contributed by atoms with E-state index < -0.39 is 18.3 Å². The Kier molecular flexibility index (Phi) is 5.58. The van der Waals surface area contributed by atoms with E-state index in [1.807, 2.05) is 46.8 Å². The van der Waals surface area contributed by atoms with Crippen molar-refractivity contribution in [3.8, 4) is 5.75 Å². The van der Waals surface area contributed by atoms with Crippen molar-refractivity contribution in [2.24, 2.45) is 0 Å². The Morgan fingerprint density at radius 2 is 1.86 bits per heavy atom. The molecule has 1 unspecified atom stereocenters. The number of carbonyl (C=O) groups excluding carboxylic acids is 1. The molecule has 0 bridgehead atoms. The molecule has 2 rings (SSSR count). The van der Waals surface area contributed by atoms with Gasteiger partial charge in [-0.2, -0.15) is 0 Å². The lowest BCUT2D eigenvalue weighted by Crippen LogP contribution is -2.41. The molecule has 7 heteroatoms. The predicted molar refractivity (Wildman–Crippen MR) is 99.9 cm³/mol. The SMILES string of the molecule is CCc1cc(OPI)cc(B2OC(C)(C)C(C)(C)O2)c1C=O. The number of hydrogen-bond acceptors (Lipinski definition) is 4. The summed E-state index contributed by atoms with van der Waals surface area (Å²) >= 11 is 2.18. The quantitative estimate of drug-likeness (QED) is 0.307. The number of carbonyl (C=O) groups is 1. The van der Waals surface area contributed by atoms with E-state index in [1.165, 1.54) is 0 Å². The van der Waals surface area contributed by atoms with Gasteiger partial charge in [0.1, 0.15) is 18.5 Å². The molecule has 1 aromatic carbocycles. The van der Waals surface area contributed by atoms with Crippen LogP contribution in [0.4, 0.5) is 0 Å². The van der Waals surface area contributed by atoms with Crippen molar-refractivity contribution >= 4 is 47.4 Å². The van der Waals surface area contributed by atoms with Gasteiger partial charge in [0.25, 0.3) is 0 Å². The van der Waals surface area contributed by atoms with Crippen molar-refractivity contribution in [2.45, 2.75) is 52.2 Å². The van der Waals surface area contributed by atoms with E-state index in [0.29, 0.717) is 12.0 Å². The molecule has 0 aliphatic carbocycles. The molecule has 0 spiro atoms. The van der Waals surface area contributed by atoms with E-state index in [2.05, 4.69) is 22.0 Å². The van der Waals surface area contributed by atoms with E-state index in [0.717, 1.165) is 29.5 Å². The second kappa shape index (κ2) is 6.75. The van der Waals surface area contributed by atoms with Crippen LogP contribution >= 0.6 is 28.5 Å². The fourth-order valence-corrected chi connectivity index (χ4v) is 3.38. The van der Waals surface area contributed by atoms with E-state index in [4.69, 9.17) is 13.8 Å². The molecule has 1 aromatic rings. The first-order valence-corrected chi connectivity index (χ1v) is 11.3. The third-order valence-corrected chi connectivity index (χ3v) is 5.41. The lowest BCUT2D eigenvalue weighted by atomic mass is 9.74.